The summed E-state index contributed by atoms with van der Waals surface area (Å²) >= 11 is 1.73. The Kier molecular flexibility index (Phi) is 3.87. The maximum Gasteiger partial charge on any atom is 0.297 e. The van der Waals surface area contributed by atoms with Gasteiger partial charge < -0.3 is 4.98 Å². The molecule has 1 aromatic heterocycles. The Labute approximate surface area is 125 Å². The molecule has 0 bridgehead atoms. The first kappa shape index (κ1) is 13.6. The molecule has 0 saturated carbocycles. The largest absolute Gasteiger partial charge is 0.341 e. The lowest BCUT2D eigenvalue weighted by Gasteiger charge is -1.99. The van der Waals surface area contributed by atoms with Crippen molar-refractivity contribution in [1.29, 1.82) is 0 Å². The van der Waals surface area contributed by atoms with Crippen LogP contribution in [0.1, 0.15) is 11.4 Å². The minimum Gasteiger partial charge on any atom is -0.341 e. The zero-order chi connectivity index (χ0) is 14.7. The number of fused-ring (bicyclic) bond motifs is 1. The van der Waals surface area contributed by atoms with Crippen LogP contribution in [0.25, 0.3) is 11.0 Å². The maximum atomic E-state index is 11.0. The molecule has 106 valence electrons. The van der Waals surface area contributed by atoms with E-state index < -0.39 is 4.92 Å². The molecular weight excluding hydrogens is 286 g/mol. The highest BCUT2D eigenvalue weighted by molar-refractivity contribution is 7.97. The predicted octanol–water partition coefficient (Wildman–Crippen LogP) is 3.90. The predicted molar refractivity (Wildman–Crippen MR) is 84.2 cm³/mol. The number of para-hydroxylation sites is 1. The van der Waals surface area contributed by atoms with Crippen molar-refractivity contribution in [3.63, 3.8) is 0 Å². The SMILES string of the molecule is O=[N+]([O-])c1cccc2[nH]c(CSCc3ccccc3)nc12. The van der Waals surface area contributed by atoms with Gasteiger partial charge in [0.2, 0.25) is 0 Å². The number of aromatic amines is 1. The van der Waals surface area contributed by atoms with Crippen molar-refractivity contribution in [2.24, 2.45) is 0 Å². The van der Waals surface area contributed by atoms with Crippen molar-refractivity contribution in [3.05, 3.63) is 70.0 Å². The molecule has 0 unspecified atom stereocenters. The van der Waals surface area contributed by atoms with E-state index in [9.17, 15) is 10.1 Å². The van der Waals surface area contributed by atoms with Crippen LogP contribution in [0.4, 0.5) is 5.69 Å². The molecule has 2 aromatic carbocycles. The summed E-state index contributed by atoms with van der Waals surface area (Å²) < 4.78 is 0. The summed E-state index contributed by atoms with van der Waals surface area (Å²) in [5.41, 5.74) is 2.44. The summed E-state index contributed by atoms with van der Waals surface area (Å²) in [7, 11) is 0. The first-order valence-corrected chi connectivity index (χ1v) is 7.63. The number of rotatable bonds is 5. The summed E-state index contributed by atoms with van der Waals surface area (Å²) in [5.74, 6) is 2.35. The Morgan fingerprint density at radius 1 is 1.10 bits per heavy atom. The Hall–Kier alpha value is -2.34. The molecule has 0 spiro atoms. The van der Waals surface area contributed by atoms with Crippen LogP contribution in [-0.2, 0) is 11.5 Å². The van der Waals surface area contributed by atoms with Gasteiger partial charge in [-0.05, 0) is 11.6 Å². The summed E-state index contributed by atoms with van der Waals surface area (Å²) in [6, 6.07) is 15.1. The molecule has 6 heteroatoms. The van der Waals surface area contributed by atoms with Gasteiger partial charge in [0.25, 0.3) is 5.69 Å². The molecule has 3 rings (SSSR count). The quantitative estimate of drug-likeness (QED) is 0.573. The van der Waals surface area contributed by atoms with E-state index in [0.717, 1.165) is 11.6 Å². The summed E-state index contributed by atoms with van der Waals surface area (Å²) in [6.45, 7) is 0. The number of benzene rings is 2. The minimum atomic E-state index is -0.399. The lowest BCUT2D eigenvalue weighted by molar-refractivity contribution is -0.383. The number of non-ortho nitro benzene ring substituents is 1. The number of imidazole rings is 1. The van der Waals surface area contributed by atoms with Gasteiger partial charge in [0.15, 0.2) is 5.52 Å². The van der Waals surface area contributed by atoms with E-state index in [1.165, 1.54) is 11.6 Å². The molecule has 0 saturated heterocycles. The van der Waals surface area contributed by atoms with E-state index in [1.54, 1.807) is 23.9 Å². The van der Waals surface area contributed by atoms with E-state index in [1.807, 2.05) is 18.2 Å². The summed E-state index contributed by atoms with van der Waals surface area (Å²) in [5, 5.41) is 11.0. The first-order valence-electron chi connectivity index (χ1n) is 6.48. The van der Waals surface area contributed by atoms with E-state index >= 15 is 0 Å². The molecule has 1 heterocycles. The fraction of sp³-hybridized carbons (Fsp3) is 0.133. The van der Waals surface area contributed by atoms with Crippen LogP contribution >= 0.6 is 11.8 Å². The van der Waals surface area contributed by atoms with E-state index in [2.05, 4.69) is 22.1 Å². The van der Waals surface area contributed by atoms with Crippen LogP contribution in [0.5, 0.6) is 0 Å². The molecule has 5 nitrogen and oxygen atoms in total. The van der Waals surface area contributed by atoms with Crippen molar-refractivity contribution in [2.45, 2.75) is 11.5 Å². The fourth-order valence-corrected chi connectivity index (χ4v) is 2.98. The number of thioether (sulfide) groups is 1. The second-order valence-electron chi connectivity index (χ2n) is 4.59. The first-order chi connectivity index (χ1) is 10.2. The second-order valence-corrected chi connectivity index (χ2v) is 5.58. The number of H-pyrrole nitrogens is 1. The highest BCUT2D eigenvalue weighted by Gasteiger charge is 2.15. The zero-order valence-corrected chi connectivity index (χ0v) is 12.0. The number of nitro groups is 1. The molecule has 0 aliphatic heterocycles. The number of aromatic nitrogens is 2. The van der Waals surface area contributed by atoms with Crippen LogP contribution in [-0.4, -0.2) is 14.9 Å². The molecule has 0 amide bonds. The third-order valence-corrected chi connectivity index (χ3v) is 4.10. The highest BCUT2D eigenvalue weighted by Crippen LogP contribution is 2.25. The molecule has 21 heavy (non-hydrogen) atoms. The molecule has 0 radical (unpaired) electrons. The van der Waals surface area contributed by atoms with E-state index in [4.69, 9.17) is 0 Å². The topological polar surface area (TPSA) is 71.8 Å². The molecule has 0 aliphatic rings. The Morgan fingerprint density at radius 3 is 2.67 bits per heavy atom. The number of nitrogens with one attached hydrogen (secondary N) is 1. The summed E-state index contributed by atoms with van der Waals surface area (Å²) in [6.07, 6.45) is 0. The van der Waals surface area contributed by atoms with Crippen molar-refractivity contribution >= 4 is 28.5 Å². The van der Waals surface area contributed by atoms with E-state index in [-0.39, 0.29) is 5.69 Å². The molecule has 1 N–H and O–H groups in total. The standard InChI is InChI=1S/C15H13N3O2S/c19-18(20)13-8-4-7-12-15(13)17-14(16-12)10-21-9-11-5-2-1-3-6-11/h1-8H,9-10H2,(H,16,17). The van der Waals surface area contributed by atoms with Crippen molar-refractivity contribution in [2.75, 3.05) is 0 Å². The van der Waals surface area contributed by atoms with Crippen LogP contribution in [0.15, 0.2) is 48.5 Å². The van der Waals surface area contributed by atoms with Crippen molar-refractivity contribution < 1.29 is 4.92 Å². The molecule has 0 fully saturated rings. The lowest BCUT2D eigenvalue weighted by atomic mass is 10.2. The molecule has 3 aromatic rings. The van der Waals surface area contributed by atoms with Gasteiger partial charge in [-0.1, -0.05) is 36.4 Å². The molecular formula is C15H13N3O2S. The van der Waals surface area contributed by atoms with Gasteiger partial charge in [0.1, 0.15) is 5.82 Å². The maximum absolute atomic E-state index is 11.0. The third kappa shape index (κ3) is 3.05. The van der Waals surface area contributed by atoms with Crippen LogP contribution in [0.2, 0.25) is 0 Å². The average molecular weight is 299 g/mol. The number of nitrogens with zero attached hydrogens (tertiary/aromatic N) is 2. The van der Waals surface area contributed by atoms with Gasteiger partial charge in [-0.2, -0.15) is 0 Å². The number of hydrogen-bond acceptors (Lipinski definition) is 4. The summed E-state index contributed by atoms with van der Waals surface area (Å²) in [4.78, 5) is 18.1. The second kappa shape index (κ2) is 5.97. The smallest absolute Gasteiger partial charge is 0.297 e. The van der Waals surface area contributed by atoms with E-state index in [0.29, 0.717) is 16.8 Å². The third-order valence-electron chi connectivity index (χ3n) is 3.09. The van der Waals surface area contributed by atoms with Gasteiger partial charge in [-0.3, -0.25) is 10.1 Å². The Bertz CT molecular complexity index is 771. The van der Waals surface area contributed by atoms with Gasteiger partial charge in [-0.25, -0.2) is 4.98 Å². The number of nitro benzene ring substituents is 1. The highest BCUT2D eigenvalue weighted by atomic mass is 32.2. The monoisotopic (exact) mass is 299 g/mol. The van der Waals surface area contributed by atoms with Gasteiger partial charge >= 0.3 is 0 Å². The van der Waals surface area contributed by atoms with Gasteiger partial charge in [-0.15, -0.1) is 11.8 Å². The van der Waals surface area contributed by atoms with Crippen LogP contribution in [0, 0.1) is 10.1 Å². The Balaban J connectivity index is 1.73. The molecule has 0 aliphatic carbocycles. The van der Waals surface area contributed by atoms with Crippen LogP contribution in [0.3, 0.4) is 0 Å². The fourth-order valence-electron chi connectivity index (χ4n) is 2.12. The Morgan fingerprint density at radius 2 is 1.90 bits per heavy atom. The van der Waals surface area contributed by atoms with Crippen molar-refractivity contribution in [1.82, 2.24) is 9.97 Å². The normalized spacial score (nSPS) is 10.9. The average Bonchev–Trinajstić information content (AvgIpc) is 2.90. The lowest BCUT2D eigenvalue weighted by Crippen LogP contribution is -1.89. The minimum absolute atomic E-state index is 0.0445. The zero-order valence-electron chi connectivity index (χ0n) is 11.2. The van der Waals surface area contributed by atoms with Gasteiger partial charge in [0, 0.05) is 11.8 Å². The number of hydrogen-bond donors (Lipinski definition) is 1. The van der Waals surface area contributed by atoms with Crippen molar-refractivity contribution in [3.8, 4) is 0 Å². The van der Waals surface area contributed by atoms with Gasteiger partial charge in [0.05, 0.1) is 16.2 Å². The molecule has 0 atom stereocenters. The van der Waals surface area contributed by atoms with Crippen LogP contribution < -0.4 is 0 Å².